The molecule has 0 radical (unpaired) electrons. The largest absolute Gasteiger partial charge is 0.493 e. The number of likely N-dealkylation sites (N-methyl/N-ethyl adjacent to an activating group) is 1. The molecular weight excluding hydrogens is 625 g/mol. The van der Waals surface area contributed by atoms with Gasteiger partial charge in [0.25, 0.3) is 5.91 Å². The van der Waals surface area contributed by atoms with Gasteiger partial charge in [0.2, 0.25) is 11.7 Å². The normalized spacial score (nSPS) is 14.5. The lowest BCUT2D eigenvalue weighted by atomic mass is 9.94. The van der Waals surface area contributed by atoms with E-state index in [-0.39, 0.29) is 17.6 Å². The number of amides is 1. The van der Waals surface area contributed by atoms with E-state index in [0.29, 0.717) is 41.9 Å². The van der Waals surface area contributed by atoms with Gasteiger partial charge in [0.1, 0.15) is 5.82 Å². The Morgan fingerprint density at radius 3 is 2.39 bits per heavy atom. The minimum absolute atomic E-state index is 0.00951. The van der Waals surface area contributed by atoms with Crippen molar-refractivity contribution in [2.24, 2.45) is 0 Å². The molecule has 1 N–H and O–H groups in total. The van der Waals surface area contributed by atoms with E-state index in [1.54, 1.807) is 36.6 Å². The van der Waals surface area contributed by atoms with E-state index < -0.39 is 0 Å². The van der Waals surface area contributed by atoms with Crippen molar-refractivity contribution >= 4 is 22.9 Å². The summed E-state index contributed by atoms with van der Waals surface area (Å²) in [5, 5.41) is 3.73. The maximum Gasteiger partial charge on any atom is 0.253 e. The Morgan fingerprint density at radius 2 is 1.73 bits per heavy atom. The van der Waals surface area contributed by atoms with Gasteiger partial charge in [-0.05, 0) is 73.8 Å². The van der Waals surface area contributed by atoms with Gasteiger partial charge in [0, 0.05) is 49.8 Å². The monoisotopic (exact) mass is 669 g/mol. The minimum Gasteiger partial charge on any atom is -0.493 e. The Bertz CT molecular complexity index is 1810. The molecule has 1 aliphatic rings. The molecule has 1 unspecified atom stereocenters. The number of anilines is 1. The fourth-order valence-corrected chi connectivity index (χ4v) is 6.67. The predicted octanol–water partition coefficient (Wildman–Crippen LogP) is 6.66. The Balaban J connectivity index is 1.09. The van der Waals surface area contributed by atoms with Gasteiger partial charge in [-0.1, -0.05) is 24.3 Å². The molecule has 3 heterocycles. The summed E-state index contributed by atoms with van der Waals surface area (Å²) in [6.07, 6.45) is 6.25. The molecule has 258 valence electrons. The number of hydrogen-bond donors (Lipinski definition) is 1. The number of benzene rings is 3. The molecule has 11 heteroatoms. The van der Waals surface area contributed by atoms with E-state index in [9.17, 15) is 9.18 Å². The highest BCUT2D eigenvalue weighted by molar-refractivity contribution is 5.95. The number of carbonyl (C=O) groups excluding carboxylic acids is 1. The van der Waals surface area contributed by atoms with Crippen LogP contribution in [-0.4, -0.2) is 85.9 Å². The van der Waals surface area contributed by atoms with Crippen LogP contribution >= 0.6 is 0 Å². The summed E-state index contributed by atoms with van der Waals surface area (Å²) in [4.78, 5) is 22.8. The number of fused-ring (bicyclic) bond motifs is 1. The molecule has 49 heavy (non-hydrogen) atoms. The molecule has 1 amide bonds. The highest BCUT2D eigenvalue weighted by Gasteiger charge is 2.25. The first-order valence-corrected chi connectivity index (χ1v) is 16.6. The van der Waals surface area contributed by atoms with Crippen LogP contribution in [0.4, 0.5) is 10.3 Å². The van der Waals surface area contributed by atoms with E-state index in [1.807, 2.05) is 36.4 Å². The van der Waals surface area contributed by atoms with Crippen molar-refractivity contribution in [1.82, 2.24) is 19.4 Å². The number of nitrogens with zero attached hydrogens (tertiary/aromatic N) is 4. The second-order valence-electron chi connectivity index (χ2n) is 12.5. The van der Waals surface area contributed by atoms with E-state index >= 15 is 0 Å². The molecule has 1 aliphatic heterocycles. The number of ether oxygens (including phenoxy) is 3. The number of rotatable bonds is 14. The lowest BCUT2D eigenvalue weighted by molar-refractivity contribution is 0.0781. The molecule has 1 fully saturated rings. The Kier molecular flexibility index (Phi) is 10.7. The van der Waals surface area contributed by atoms with Crippen molar-refractivity contribution in [3.05, 3.63) is 102 Å². The first-order chi connectivity index (χ1) is 23.9. The zero-order valence-corrected chi connectivity index (χ0v) is 28.5. The summed E-state index contributed by atoms with van der Waals surface area (Å²) >= 11 is 0. The molecule has 3 aromatic carbocycles. The average molecular weight is 670 g/mol. The van der Waals surface area contributed by atoms with Crippen LogP contribution in [0.1, 0.15) is 46.7 Å². The molecule has 2 aromatic heterocycles. The van der Waals surface area contributed by atoms with Crippen LogP contribution in [0.5, 0.6) is 17.2 Å². The van der Waals surface area contributed by atoms with Crippen LogP contribution in [0.25, 0.3) is 11.0 Å². The van der Waals surface area contributed by atoms with Crippen molar-refractivity contribution in [2.45, 2.75) is 37.8 Å². The molecule has 0 bridgehead atoms. The van der Waals surface area contributed by atoms with E-state index in [1.165, 1.54) is 33.5 Å². The Morgan fingerprint density at radius 1 is 1.02 bits per heavy atom. The zero-order chi connectivity index (χ0) is 34.3. The highest BCUT2D eigenvalue weighted by atomic mass is 19.1. The van der Waals surface area contributed by atoms with Gasteiger partial charge in [-0.3, -0.25) is 4.79 Å². The van der Waals surface area contributed by atoms with Crippen LogP contribution in [0.3, 0.4) is 0 Å². The average Bonchev–Trinajstić information content (AvgIpc) is 3.78. The summed E-state index contributed by atoms with van der Waals surface area (Å²) in [6.45, 7) is 3.89. The molecule has 0 saturated carbocycles. The molecule has 1 saturated heterocycles. The van der Waals surface area contributed by atoms with E-state index in [0.717, 1.165) is 67.0 Å². The van der Waals surface area contributed by atoms with Crippen molar-refractivity contribution in [1.29, 1.82) is 0 Å². The minimum atomic E-state index is -0.280. The first kappa shape index (κ1) is 33.9. The fourth-order valence-electron chi connectivity index (χ4n) is 6.67. The third-order valence-corrected chi connectivity index (χ3v) is 9.38. The number of piperidine rings is 1. The number of carbonyl (C=O) groups is 1. The topological polar surface area (TPSA) is 94.2 Å². The lowest BCUT2D eigenvalue weighted by Gasteiger charge is -2.34. The van der Waals surface area contributed by atoms with Gasteiger partial charge in [-0.25, -0.2) is 9.37 Å². The highest BCUT2D eigenvalue weighted by Crippen LogP contribution is 2.38. The van der Waals surface area contributed by atoms with Gasteiger partial charge in [-0.2, -0.15) is 0 Å². The molecule has 1 atom stereocenters. The number of likely N-dealkylation sites (tertiary alicyclic amines) is 1. The summed E-state index contributed by atoms with van der Waals surface area (Å²) in [5.41, 5.74) is 4.57. The SMILES string of the molecule is COc1cc(C(=O)N(C)CC(CCN2CCC(Nc3nc4ccccc4n3Cc3ccoc3)CC2)c2ccc(F)cc2)cc(OC)c1OC. The van der Waals surface area contributed by atoms with Crippen molar-refractivity contribution in [2.75, 3.05) is 59.9 Å². The van der Waals surface area contributed by atoms with Gasteiger partial charge in [0.05, 0.1) is 51.4 Å². The first-order valence-electron chi connectivity index (χ1n) is 16.6. The second-order valence-corrected chi connectivity index (χ2v) is 12.5. The van der Waals surface area contributed by atoms with Gasteiger partial charge in [0.15, 0.2) is 11.5 Å². The molecule has 0 aliphatic carbocycles. The van der Waals surface area contributed by atoms with Gasteiger partial charge in [-0.15, -0.1) is 0 Å². The number of aromatic nitrogens is 2. The van der Waals surface area contributed by atoms with Crippen LogP contribution in [0, 0.1) is 5.82 Å². The van der Waals surface area contributed by atoms with Gasteiger partial charge < -0.3 is 38.3 Å². The van der Waals surface area contributed by atoms with Crippen LogP contribution in [0.15, 0.2) is 83.7 Å². The van der Waals surface area contributed by atoms with Gasteiger partial charge >= 0.3 is 0 Å². The fraction of sp³-hybridized carbons (Fsp3) is 0.368. The lowest BCUT2D eigenvalue weighted by Crippen LogP contribution is -2.40. The maximum absolute atomic E-state index is 13.9. The number of halogens is 1. The predicted molar refractivity (Wildman–Crippen MR) is 187 cm³/mol. The number of methoxy groups -OCH3 is 3. The standard InChI is InChI=1S/C38H44FN5O5/c1-42(37(45)29-21-34(46-2)36(48-4)35(22-29)47-3)24-28(27-9-11-30(39)12-10-27)13-17-43-18-14-31(15-19-43)40-38-41-32-7-5-6-8-33(32)44(38)23-26-16-20-49-25-26/h5-12,16,20-22,25,28,31H,13-15,17-19,23-24H2,1-4H3,(H,40,41). The number of furan rings is 1. The summed E-state index contributed by atoms with van der Waals surface area (Å²) in [6, 6.07) is 20.4. The molecule has 0 spiro atoms. The number of hydrogen-bond acceptors (Lipinski definition) is 8. The summed E-state index contributed by atoms with van der Waals surface area (Å²) in [7, 11) is 6.37. The quantitative estimate of drug-likeness (QED) is 0.140. The van der Waals surface area contributed by atoms with E-state index in [2.05, 4.69) is 20.9 Å². The second kappa shape index (κ2) is 15.5. The Labute approximate surface area is 286 Å². The van der Waals surface area contributed by atoms with Crippen molar-refractivity contribution < 1.29 is 27.8 Å². The maximum atomic E-state index is 13.9. The summed E-state index contributed by atoms with van der Waals surface area (Å²) in [5.74, 6) is 1.70. The number of para-hydroxylation sites is 2. The number of nitrogens with one attached hydrogen (secondary N) is 1. The zero-order valence-electron chi connectivity index (χ0n) is 28.5. The molecule has 6 rings (SSSR count). The third-order valence-electron chi connectivity index (χ3n) is 9.38. The van der Waals surface area contributed by atoms with Crippen molar-refractivity contribution in [3.8, 4) is 17.2 Å². The van der Waals surface area contributed by atoms with Crippen LogP contribution < -0.4 is 19.5 Å². The van der Waals surface area contributed by atoms with Crippen molar-refractivity contribution in [3.63, 3.8) is 0 Å². The third kappa shape index (κ3) is 7.83. The van der Waals surface area contributed by atoms with Crippen LogP contribution in [-0.2, 0) is 6.54 Å². The molecule has 10 nitrogen and oxygen atoms in total. The summed E-state index contributed by atoms with van der Waals surface area (Å²) < 4.78 is 37.8. The van der Waals surface area contributed by atoms with E-state index in [4.69, 9.17) is 23.6 Å². The van der Waals surface area contributed by atoms with Crippen LogP contribution in [0.2, 0.25) is 0 Å². The molecule has 5 aromatic rings. The number of imidazole rings is 1. The molecular formula is C38H44FN5O5. The smallest absolute Gasteiger partial charge is 0.253 e. The Hall–Kier alpha value is -5.03.